The predicted molar refractivity (Wildman–Crippen MR) is 84.2 cm³/mol. The molecule has 0 bridgehead atoms. The molecule has 1 aromatic heterocycles. The Morgan fingerprint density at radius 1 is 1.20 bits per heavy atom. The highest BCUT2D eigenvalue weighted by atomic mass is 32.2. The summed E-state index contributed by atoms with van der Waals surface area (Å²) in [7, 11) is 3.76. The van der Waals surface area contributed by atoms with Crippen LogP contribution in [0.3, 0.4) is 0 Å². The number of thioether (sulfide) groups is 1. The van der Waals surface area contributed by atoms with E-state index in [4.69, 9.17) is 5.84 Å². The van der Waals surface area contributed by atoms with Crippen molar-refractivity contribution in [2.75, 3.05) is 67.4 Å². The van der Waals surface area contributed by atoms with Crippen molar-refractivity contribution >= 4 is 29.6 Å². The largest absolute Gasteiger partial charge is 0.353 e. The number of nitrogens with zero attached hydrogens (tertiary/aromatic N) is 5. The third kappa shape index (κ3) is 4.36. The third-order valence-corrected chi connectivity index (χ3v) is 3.91. The van der Waals surface area contributed by atoms with Crippen LogP contribution in [0.2, 0.25) is 0 Å². The second-order valence-corrected chi connectivity index (χ2v) is 5.93. The molecule has 0 unspecified atom stereocenters. The molecular formula is C11H22N8S. The number of rotatable bonds is 6. The normalized spacial score (nSPS) is 15.9. The van der Waals surface area contributed by atoms with E-state index in [0.717, 1.165) is 26.2 Å². The van der Waals surface area contributed by atoms with Gasteiger partial charge in [0.1, 0.15) is 0 Å². The van der Waals surface area contributed by atoms with Crippen molar-refractivity contribution in [2.45, 2.75) is 0 Å². The minimum absolute atomic E-state index is 0.362. The summed E-state index contributed by atoms with van der Waals surface area (Å²) in [5, 5.41) is 3.23. The van der Waals surface area contributed by atoms with Crippen LogP contribution in [0, 0.1) is 0 Å². The maximum absolute atomic E-state index is 5.37. The summed E-state index contributed by atoms with van der Waals surface area (Å²) in [5.41, 5.74) is 2.46. The Kier molecular flexibility index (Phi) is 5.62. The van der Waals surface area contributed by atoms with Crippen LogP contribution in [0.5, 0.6) is 0 Å². The van der Waals surface area contributed by atoms with Gasteiger partial charge in [-0.05, 0) is 0 Å². The first-order valence-corrected chi connectivity index (χ1v) is 7.78. The Balaban J connectivity index is 1.89. The molecule has 0 atom stereocenters. The Morgan fingerprint density at radius 3 is 2.55 bits per heavy atom. The van der Waals surface area contributed by atoms with Crippen molar-refractivity contribution in [3.05, 3.63) is 0 Å². The van der Waals surface area contributed by atoms with Gasteiger partial charge in [-0.25, -0.2) is 5.84 Å². The molecule has 0 aliphatic carbocycles. The number of hydrazine groups is 1. The van der Waals surface area contributed by atoms with Crippen LogP contribution in [0.1, 0.15) is 0 Å². The lowest BCUT2D eigenvalue weighted by Crippen LogP contribution is -2.36. The molecule has 1 aliphatic heterocycles. The molecule has 20 heavy (non-hydrogen) atoms. The van der Waals surface area contributed by atoms with E-state index in [1.54, 1.807) is 0 Å². The summed E-state index contributed by atoms with van der Waals surface area (Å²) >= 11 is 2.02. The summed E-state index contributed by atoms with van der Waals surface area (Å²) < 4.78 is 0. The zero-order valence-corrected chi connectivity index (χ0v) is 12.8. The average Bonchev–Trinajstić information content (AvgIpc) is 2.48. The first kappa shape index (κ1) is 15.1. The van der Waals surface area contributed by atoms with Crippen LogP contribution in [0.4, 0.5) is 17.8 Å². The molecule has 0 saturated carbocycles. The van der Waals surface area contributed by atoms with Crippen molar-refractivity contribution in [3.8, 4) is 0 Å². The number of nitrogen functional groups attached to an aromatic ring is 1. The minimum Gasteiger partial charge on any atom is -0.353 e. The summed E-state index contributed by atoms with van der Waals surface area (Å²) in [6, 6.07) is 0. The lowest BCUT2D eigenvalue weighted by molar-refractivity contribution is 0.314. The van der Waals surface area contributed by atoms with Gasteiger partial charge in [0, 0.05) is 51.8 Å². The molecule has 1 saturated heterocycles. The van der Waals surface area contributed by atoms with Crippen molar-refractivity contribution < 1.29 is 0 Å². The Bertz CT molecular complexity index is 421. The van der Waals surface area contributed by atoms with E-state index in [1.165, 1.54) is 11.5 Å². The molecule has 4 N–H and O–H groups in total. The molecular weight excluding hydrogens is 276 g/mol. The first-order valence-electron chi connectivity index (χ1n) is 6.63. The van der Waals surface area contributed by atoms with Gasteiger partial charge in [-0.3, -0.25) is 10.3 Å². The van der Waals surface area contributed by atoms with Gasteiger partial charge in [0.25, 0.3) is 0 Å². The fraction of sp³-hybridized carbons (Fsp3) is 0.727. The second kappa shape index (κ2) is 7.46. The van der Waals surface area contributed by atoms with Gasteiger partial charge < -0.3 is 10.2 Å². The molecule has 2 rings (SSSR count). The van der Waals surface area contributed by atoms with E-state index in [0.29, 0.717) is 17.8 Å². The fourth-order valence-corrected chi connectivity index (χ4v) is 2.84. The first-order chi connectivity index (χ1) is 9.69. The number of hydrogen-bond donors (Lipinski definition) is 3. The number of nitrogens with two attached hydrogens (primary N) is 1. The van der Waals surface area contributed by atoms with Crippen LogP contribution in [-0.2, 0) is 0 Å². The zero-order valence-electron chi connectivity index (χ0n) is 12.0. The fourth-order valence-electron chi connectivity index (χ4n) is 1.86. The van der Waals surface area contributed by atoms with Gasteiger partial charge in [0.05, 0.1) is 0 Å². The number of anilines is 3. The van der Waals surface area contributed by atoms with Crippen molar-refractivity contribution in [2.24, 2.45) is 5.84 Å². The SMILES string of the molecule is CN(C)c1nc(NN)nc(NCCN2CCSCC2)n1. The highest BCUT2D eigenvalue weighted by Gasteiger charge is 2.11. The summed E-state index contributed by atoms with van der Waals surface area (Å²) in [5.74, 6) is 9.29. The quantitative estimate of drug-likeness (QED) is 0.482. The van der Waals surface area contributed by atoms with E-state index in [2.05, 4.69) is 30.6 Å². The molecule has 1 aliphatic rings. The van der Waals surface area contributed by atoms with Gasteiger partial charge in [-0.1, -0.05) is 0 Å². The smallest absolute Gasteiger partial charge is 0.243 e. The van der Waals surface area contributed by atoms with E-state index in [9.17, 15) is 0 Å². The van der Waals surface area contributed by atoms with Crippen molar-refractivity contribution in [1.82, 2.24) is 19.9 Å². The molecule has 0 amide bonds. The molecule has 1 fully saturated rings. The number of nitrogens with one attached hydrogen (secondary N) is 2. The maximum atomic E-state index is 5.37. The minimum atomic E-state index is 0.362. The van der Waals surface area contributed by atoms with E-state index in [-0.39, 0.29) is 0 Å². The zero-order chi connectivity index (χ0) is 14.4. The van der Waals surface area contributed by atoms with Crippen molar-refractivity contribution in [3.63, 3.8) is 0 Å². The summed E-state index contributed by atoms with van der Waals surface area (Å²) in [6.07, 6.45) is 0. The van der Waals surface area contributed by atoms with Crippen LogP contribution in [0.15, 0.2) is 0 Å². The third-order valence-electron chi connectivity index (χ3n) is 2.97. The van der Waals surface area contributed by atoms with Crippen molar-refractivity contribution in [1.29, 1.82) is 0 Å². The van der Waals surface area contributed by atoms with Gasteiger partial charge in [0.2, 0.25) is 17.8 Å². The lowest BCUT2D eigenvalue weighted by atomic mass is 10.4. The van der Waals surface area contributed by atoms with Gasteiger partial charge in [-0.15, -0.1) is 0 Å². The van der Waals surface area contributed by atoms with Gasteiger partial charge in [0.15, 0.2) is 0 Å². The van der Waals surface area contributed by atoms with E-state index >= 15 is 0 Å². The van der Waals surface area contributed by atoms with Crippen LogP contribution >= 0.6 is 11.8 Å². The standard InChI is InChI=1S/C11H22N8S/c1-18(2)11-15-9(14-10(16-11)17-12)13-3-4-19-5-7-20-8-6-19/h3-8,12H2,1-2H3,(H2,13,14,15,16,17). The Hall–Kier alpha value is -1.32. The number of hydrogen-bond acceptors (Lipinski definition) is 9. The molecule has 8 nitrogen and oxygen atoms in total. The van der Waals surface area contributed by atoms with Crippen LogP contribution in [0.25, 0.3) is 0 Å². The molecule has 0 radical (unpaired) electrons. The molecule has 2 heterocycles. The van der Waals surface area contributed by atoms with Gasteiger partial charge in [-0.2, -0.15) is 26.7 Å². The Labute approximate surface area is 123 Å². The number of aromatic nitrogens is 3. The molecule has 112 valence electrons. The highest BCUT2D eigenvalue weighted by Crippen LogP contribution is 2.11. The average molecular weight is 298 g/mol. The molecule has 0 aromatic carbocycles. The lowest BCUT2D eigenvalue weighted by Gasteiger charge is -2.26. The van der Waals surface area contributed by atoms with Gasteiger partial charge >= 0.3 is 0 Å². The van der Waals surface area contributed by atoms with E-state index < -0.39 is 0 Å². The predicted octanol–water partition coefficient (Wildman–Crippen LogP) is -0.316. The second-order valence-electron chi connectivity index (χ2n) is 4.70. The topological polar surface area (TPSA) is 95.2 Å². The Morgan fingerprint density at radius 2 is 1.90 bits per heavy atom. The van der Waals surface area contributed by atoms with Crippen LogP contribution < -0.4 is 21.5 Å². The summed E-state index contributed by atoms with van der Waals surface area (Å²) in [4.78, 5) is 17.0. The van der Waals surface area contributed by atoms with E-state index in [1.807, 2.05) is 30.8 Å². The molecule has 1 aromatic rings. The van der Waals surface area contributed by atoms with Crippen LogP contribution in [-0.4, -0.2) is 71.6 Å². The monoisotopic (exact) mass is 298 g/mol. The summed E-state index contributed by atoms with van der Waals surface area (Å²) in [6.45, 7) is 4.12. The molecule has 9 heteroatoms. The highest BCUT2D eigenvalue weighted by molar-refractivity contribution is 7.99. The maximum Gasteiger partial charge on any atom is 0.243 e. The molecule has 0 spiro atoms.